The van der Waals surface area contributed by atoms with Gasteiger partial charge in [0, 0.05) is 33.9 Å². The number of carbonyl (C=O) groups is 3. The molecule has 0 radical (unpaired) electrons. The van der Waals surface area contributed by atoms with Gasteiger partial charge >= 0.3 is 11.8 Å². The van der Waals surface area contributed by atoms with E-state index in [-0.39, 0.29) is 25.2 Å². The highest BCUT2D eigenvalue weighted by Gasteiger charge is 2.19. The van der Waals surface area contributed by atoms with E-state index in [0.717, 1.165) is 22.9 Å². The molecule has 0 unspecified atom stereocenters. The highest BCUT2D eigenvalue weighted by molar-refractivity contribution is 9.10. The number of nitrogens with zero attached hydrogens (tertiary/aromatic N) is 1. The molecular weight excluding hydrogens is 528 g/mol. The Hall–Kier alpha value is -2.95. The van der Waals surface area contributed by atoms with Gasteiger partial charge < -0.3 is 20.1 Å². The van der Waals surface area contributed by atoms with Gasteiger partial charge in [-0.05, 0) is 55.7 Å². The number of rotatable bonds is 8. The fourth-order valence-corrected chi connectivity index (χ4v) is 3.66. The van der Waals surface area contributed by atoms with Gasteiger partial charge in [0.05, 0.1) is 12.3 Å². The first kappa shape index (κ1) is 25.7. The quantitative estimate of drug-likeness (QED) is 0.265. The van der Waals surface area contributed by atoms with Gasteiger partial charge in [0.2, 0.25) is 0 Å². The molecule has 1 atom stereocenters. The molecule has 34 heavy (non-hydrogen) atoms. The van der Waals surface area contributed by atoms with Crippen molar-refractivity contribution in [3.8, 4) is 5.75 Å². The minimum absolute atomic E-state index is 0.0679. The number of amides is 3. The Morgan fingerprint density at radius 2 is 2.06 bits per heavy atom. The van der Waals surface area contributed by atoms with Crippen LogP contribution in [-0.4, -0.2) is 49.8 Å². The second-order valence-corrected chi connectivity index (χ2v) is 8.87. The van der Waals surface area contributed by atoms with Gasteiger partial charge in [-0.15, -0.1) is 0 Å². The molecule has 1 aliphatic heterocycles. The summed E-state index contributed by atoms with van der Waals surface area (Å²) in [6.07, 6.45) is 3.05. The number of anilines is 1. The Kier molecular flexibility index (Phi) is 9.43. The molecular formula is C23H24BrClN4O5. The van der Waals surface area contributed by atoms with Crippen LogP contribution in [0.15, 0.2) is 46.0 Å². The van der Waals surface area contributed by atoms with Crippen LogP contribution >= 0.6 is 27.5 Å². The summed E-state index contributed by atoms with van der Waals surface area (Å²) in [5.74, 6) is -1.70. The van der Waals surface area contributed by atoms with Crippen molar-refractivity contribution in [2.75, 3.05) is 25.1 Å². The fourth-order valence-electron chi connectivity index (χ4n) is 3.11. The van der Waals surface area contributed by atoms with Crippen molar-refractivity contribution in [2.24, 2.45) is 5.10 Å². The van der Waals surface area contributed by atoms with Gasteiger partial charge in [0.25, 0.3) is 5.91 Å². The molecule has 3 N–H and O–H groups in total. The van der Waals surface area contributed by atoms with Gasteiger partial charge in [-0.3, -0.25) is 14.4 Å². The number of aryl methyl sites for hydroxylation is 1. The summed E-state index contributed by atoms with van der Waals surface area (Å²) in [5, 5.41) is 9.61. The predicted molar refractivity (Wildman–Crippen MR) is 132 cm³/mol. The molecule has 3 rings (SSSR count). The number of hydrazone groups is 1. The predicted octanol–water partition coefficient (Wildman–Crippen LogP) is 3.17. The molecule has 1 saturated heterocycles. The zero-order chi connectivity index (χ0) is 24.5. The minimum Gasteiger partial charge on any atom is -0.483 e. The Bertz CT molecular complexity index is 1090. The van der Waals surface area contributed by atoms with E-state index >= 15 is 0 Å². The highest BCUT2D eigenvalue weighted by atomic mass is 79.9. The number of nitrogens with one attached hydrogen (secondary N) is 3. The molecule has 11 heteroatoms. The average Bonchev–Trinajstić information content (AvgIpc) is 3.33. The van der Waals surface area contributed by atoms with E-state index in [4.69, 9.17) is 21.1 Å². The molecule has 180 valence electrons. The monoisotopic (exact) mass is 550 g/mol. The summed E-state index contributed by atoms with van der Waals surface area (Å²) >= 11 is 9.34. The number of ether oxygens (including phenoxy) is 2. The maximum atomic E-state index is 12.3. The molecule has 2 aromatic rings. The second-order valence-electron chi connectivity index (χ2n) is 7.52. The van der Waals surface area contributed by atoms with Crippen LogP contribution in [0.1, 0.15) is 24.0 Å². The molecule has 2 aromatic carbocycles. The first-order chi connectivity index (χ1) is 16.3. The van der Waals surface area contributed by atoms with E-state index in [2.05, 4.69) is 37.1 Å². The summed E-state index contributed by atoms with van der Waals surface area (Å²) < 4.78 is 11.8. The number of hydrogen-bond donors (Lipinski definition) is 3. The lowest BCUT2D eigenvalue weighted by Gasteiger charge is -2.12. The lowest BCUT2D eigenvalue weighted by Crippen LogP contribution is -2.41. The first-order valence-corrected chi connectivity index (χ1v) is 11.7. The summed E-state index contributed by atoms with van der Waals surface area (Å²) in [7, 11) is 0. The molecule has 1 heterocycles. The van der Waals surface area contributed by atoms with Gasteiger partial charge in [0.15, 0.2) is 6.61 Å². The van der Waals surface area contributed by atoms with Crippen molar-refractivity contribution in [2.45, 2.75) is 25.9 Å². The van der Waals surface area contributed by atoms with E-state index in [1.54, 1.807) is 36.4 Å². The van der Waals surface area contributed by atoms with Crippen LogP contribution in [0, 0.1) is 6.92 Å². The normalized spacial score (nSPS) is 15.2. The Labute approximate surface area is 210 Å². The number of carbonyl (C=O) groups excluding carboxylic acids is 3. The molecule has 1 fully saturated rings. The molecule has 0 saturated carbocycles. The molecule has 1 aliphatic rings. The summed E-state index contributed by atoms with van der Waals surface area (Å²) in [5.41, 5.74) is 4.13. The van der Waals surface area contributed by atoms with E-state index < -0.39 is 11.8 Å². The molecule has 9 nitrogen and oxygen atoms in total. The summed E-state index contributed by atoms with van der Waals surface area (Å²) in [6, 6.07) is 10.3. The SMILES string of the molecule is Cc1ccc(Cl)cc1NC(=O)COc1ccc(Br)cc1/C=N\NC(=O)C(=O)NC[C@H]1CCCO1. The number of benzene rings is 2. The van der Waals surface area contributed by atoms with Crippen molar-refractivity contribution >= 4 is 57.2 Å². The lowest BCUT2D eigenvalue weighted by molar-refractivity contribution is -0.139. The third kappa shape index (κ3) is 7.82. The zero-order valence-electron chi connectivity index (χ0n) is 18.4. The van der Waals surface area contributed by atoms with Crippen molar-refractivity contribution in [1.29, 1.82) is 0 Å². The third-order valence-corrected chi connectivity index (χ3v) is 5.62. The standard InChI is InChI=1S/C23H24BrClN4O5/c1-14-4-6-17(25)10-19(14)28-21(30)13-34-20-7-5-16(24)9-15(20)11-27-29-23(32)22(31)26-12-18-3-2-8-33-18/h4-7,9-11,18H,2-3,8,12-13H2,1H3,(H,26,31)(H,28,30)(H,29,32)/b27-11-/t18-/m1/s1. The van der Waals surface area contributed by atoms with Crippen molar-refractivity contribution in [3.05, 3.63) is 57.0 Å². The Balaban J connectivity index is 1.53. The molecule has 0 bridgehead atoms. The number of halogens is 2. The van der Waals surface area contributed by atoms with Crippen molar-refractivity contribution in [1.82, 2.24) is 10.7 Å². The topological polar surface area (TPSA) is 118 Å². The summed E-state index contributed by atoms with van der Waals surface area (Å²) in [4.78, 5) is 36.2. The van der Waals surface area contributed by atoms with Crippen molar-refractivity contribution in [3.63, 3.8) is 0 Å². The minimum atomic E-state index is -0.900. The van der Waals surface area contributed by atoms with Crippen LogP contribution in [0.2, 0.25) is 5.02 Å². The van der Waals surface area contributed by atoms with E-state index in [9.17, 15) is 14.4 Å². The Morgan fingerprint density at radius 1 is 1.24 bits per heavy atom. The molecule has 0 spiro atoms. The van der Waals surface area contributed by atoms with Crippen LogP contribution in [0.4, 0.5) is 5.69 Å². The van der Waals surface area contributed by atoms with Gasteiger partial charge in [-0.2, -0.15) is 5.10 Å². The average molecular weight is 552 g/mol. The van der Waals surface area contributed by atoms with Gasteiger partial charge in [0.1, 0.15) is 5.75 Å². The molecule has 0 aliphatic carbocycles. The maximum Gasteiger partial charge on any atom is 0.329 e. The largest absolute Gasteiger partial charge is 0.483 e. The van der Waals surface area contributed by atoms with E-state index in [1.807, 2.05) is 6.92 Å². The fraction of sp³-hybridized carbons (Fsp3) is 0.304. The molecule has 3 amide bonds. The van der Waals surface area contributed by atoms with Crippen LogP contribution in [0.5, 0.6) is 5.75 Å². The zero-order valence-corrected chi connectivity index (χ0v) is 20.7. The second kappa shape index (κ2) is 12.5. The Morgan fingerprint density at radius 3 is 2.82 bits per heavy atom. The lowest BCUT2D eigenvalue weighted by atomic mass is 10.2. The molecule has 0 aromatic heterocycles. The van der Waals surface area contributed by atoms with Crippen LogP contribution in [0.3, 0.4) is 0 Å². The maximum absolute atomic E-state index is 12.3. The van der Waals surface area contributed by atoms with Crippen LogP contribution in [-0.2, 0) is 19.1 Å². The highest BCUT2D eigenvalue weighted by Crippen LogP contribution is 2.23. The van der Waals surface area contributed by atoms with Crippen molar-refractivity contribution < 1.29 is 23.9 Å². The van der Waals surface area contributed by atoms with Crippen LogP contribution < -0.4 is 20.8 Å². The van der Waals surface area contributed by atoms with Crippen LogP contribution in [0.25, 0.3) is 0 Å². The van der Waals surface area contributed by atoms with Gasteiger partial charge in [-0.1, -0.05) is 33.6 Å². The van der Waals surface area contributed by atoms with Gasteiger partial charge in [-0.25, -0.2) is 5.43 Å². The summed E-state index contributed by atoms with van der Waals surface area (Å²) in [6.45, 7) is 2.53. The first-order valence-electron chi connectivity index (χ1n) is 10.5. The van der Waals surface area contributed by atoms with E-state index in [1.165, 1.54) is 6.21 Å². The number of hydrogen-bond acceptors (Lipinski definition) is 6. The van der Waals surface area contributed by atoms with E-state index in [0.29, 0.717) is 28.6 Å². The third-order valence-electron chi connectivity index (χ3n) is 4.89. The smallest absolute Gasteiger partial charge is 0.329 e.